The van der Waals surface area contributed by atoms with E-state index in [1.165, 1.54) is 22.8 Å². The van der Waals surface area contributed by atoms with Gasteiger partial charge in [-0.1, -0.05) is 35.5 Å². The van der Waals surface area contributed by atoms with Gasteiger partial charge in [0.2, 0.25) is 5.82 Å². The van der Waals surface area contributed by atoms with E-state index in [9.17, 15) is 8.42 Å². The van der Waals surface area contributed by atoms with Crippen LogP contribution in [0.4, 0.5) is 0 Å². The Kier molecular flexibility index (Phi) is 3.33. The van der Waals surface area contributed by atoms with Crippen molar-refractivity contribution in [2.45, 2.75) is 4.90 Å². The number of hydrogen-bond donors (Lipinski definition) is 0. The topological polar surface area (TPSA) is 73.1 Å². The van der Waals surface area contributed by atoms with Crippen molar-refractivity contribution in [1.29, 1.82) is 0 Å². The van der Waals surface area contributed by atoms with Gasteiger partial charge in [0, 0.05) is 21.6 Å². The predicted molar refractivity (Wildman–Crippen MR) is 76.1 cm³/mol. The molecule has 0 unspecified atom stereocenters. The lowest BCUT2D eigenvalue weighted by atomic mass is 10.2. The second kappa shape index (κ2) is 5.01. The first-order valence-electron chi connectivity index (χ1n) is 5.47. The molecule has 0 amide bonds. The van der Waals surface area contributed by atoms with Crippen LogP contribution in [-0.4, -0.2) is 18.6 Å². The molecule has 3 rings (SSSR count). The second-order valence-electron chi connectivity index (χ2n) is 3.87. The average molecular weight is 327 g/mol. The molecule has 2 heterocycles. The van der Waals surface area contributed by atoms with Crippen molar-refractivity contribution in [3.63, 3.8) is 0 Å². The van der Waals surface area contributed by atoms with Crippen LogP contribution in [0.25, 0.3) is 22.2 Å². The zero-order valence-corrected chi connectivity index (χ0v) is 12.2. The van der Waals surface area contributed by atoms with E-state index < -0.39 is 9.05 Å². The Bertz CT molecular complexity index is 840. The first kappa shape index (κ1) is 13.3. The molecule has 0 atom stereocenters. The summed E-state index contributed by atoms with van der Waals surface area (Å²) >= 11 is 1.18. The van der Waals surface area contributed by atoms with E-state index in [1.54, 1.807) is 0 Å². The molecule has 0 spiro atoms. The highest BCUT2D eigenvalue weighted by Gasteiger charge is 2.17. The van der Waals surface area contributed by atoms with Crippen LogP contribution in [0.1, 0.15) is 0 Å². The lowest BCUT2D eigenvalue weighted by Crippen LogP contribution is -1.85. The summed E-state index contributed by atoms with van der Waals surface area (Å²) in [7, 11) is 1.53. The van der Waals surface area contributed by atoms with Crippen molar-refractivity contribution in [3.8, 4) is 22.2 Å². The Morgan fingerprint density at radius 2 is 1.95 bits per heavy atom. The molecule has 0 saturated heterocycles. The first-order valence-corrected chi connectivity index (χ1v) is 8.65. The van der Waals surface area contributed by atoms with E-state index in [0.29, 0.717) is 10.7 Å². The van der Waals surface area contributed by atoms with Gasteiger partial charge in [-0.25, -0.2) is 8.42 Å². The van der Waals surface area contributed by atoms with E-state index in [0.717, 1.165) is 5.56 Å². The Labute approximate surface area is 123 Å². The van der Waals surface area contributed by atoms with Crippen LogP contribution in [-0.2, 0) is 9.05 Å². The summed E-state index contributed by atoms with van der Waals surface area (Å²) in [4.78, 5) is 4.82. The van der Waals surface area contributed by atoms with Crippen LogP contribution >= 0.6 is 22.0 Å². The molecule has 2 aromatic heterocycles. The lowest BCUT2D eigenvalue weighted by Gasteiger charge is -1.90. The number of nitrogens with zero attached hydrogens (tertiary/aromatic N) is 2. The molecular formula is C12H7ClN2O3S2. The molecule has 0 saturated carbocycles. The van der Waals surface area contributed by atoms with Crippen molar-refractivity contribution in [1.82, 2.24) is 10.1 Å². The van der Waals surface area contributed by atoms with Crippen molar-refractivity contribution in [2.24, 2.45) is 0 Å². The number of thiophene rings is 1. The van der Waals surface area contributed by atoms with Gasteiger partial charge in [-0.05, 0) is 6.07 Å². The Morgan fingerprint density at radius 3 is 2.60 bits per heavy atom. The van der Waals surface area contributed by atoms with Crippen LogP contribution in [0.2, 0.25) is 0 Å². The van der Waals surface area contributed by atoms with E-state index in [1.807, 2.05) is 30.3 Å². The maximum atomic E-state index is 11.2. The van der Waals surface area contributed by atoms with Crippen LogP contribution < -0.4 is 0 Å². The number of hydrogen-bond acceptors (Lipinski definition) is 6. The molecule has 20 heavy (non-hydrogen) atoms. The summed E-state index contributed by atoms with van der Waals surface area (Å²) in [6, 6.07) is 10.8. The van der Waals surface area contributed by atoms with Crippen molar-refractivity contribution in [2.75, 3.05) is 0 Å². The standard InChI is InChI=1S/C12H7ClN2O3S2/c13-20(16,17)9-6-10(19-7-9)12-14-11(15-18-12)8-4-2-1-3-5-8/h1-7H. The third-order valence-corrected chi connectivity index (χ3v) is 4.93. The van der Waals surface area contributed by atoms with Crippen molar-refractivity contribution >= 4 is 31.1 Å². The lowest BCUT2D eigenvalue weighted by molar-refractivity contribution is 0.433. The molecule has 0 bridgehead atoms. The quantitative estimate of drug-likeness (QED) is 0.690. The molecule has 0 N–H and O–H groups in total. The zero-order chi connectivity index (χ0) is 14.2. The molecule has 0 aliphatic heterocycles. The van der Waals surface area contributed by atoms with E-state index in [2.05, 4.69) is 10.1 Å². The van der Waals surface area contributed by atoms with Crippen molar-refractivity contribution < 1.29 is 12.9 Å². The third-order valence-electron chi connectivity index (χ3n) is 2.53. The molecule has 102 valence electrons. The molecule has 1 aromatic carbocycles. The van der Waals surface area contributed by atoms with Crippen LogP contribution in [0.3, 0.4) is 0 Å². The number of benzene rings is 1. The molecule has 0 fully saturated rings. The Hall–Kier alpha value is -1.70. The monoisotopic (exact) mass is 326 g/mol. The summed E-state index contributed by atoms with van der Waals surface area (Å²) in [5, 5.41) is 5.31. The average Bonchev–Trinajstić information content (AvgIpc) is 3.08. The van der Waals surface area contributed by atoms with E-state index in [-0.39, 0.29) is 10.8 Å². The van der Waals surface area contributed by atoms with E-state index in [4.69, 9.17) is 15.2 Å². The Morgan fingerprint density at radius 1 is 1.20 bits per heavy atom. The van der Waals surface area contributed by atoms with Gasteiger partial charge in [0.25, 0.3) is 14.9 Å². The number of aromatic nitrogens is 2. The van der Waals surface area contributed by atoms with Gasteiger partial charge in [0.15, 0.2) is 0 Å². The largest absolute Gasteiger partial charge is 0.333 e. The first-order chi connectivity index (χ1) is 9.54. The number of halogens is 1. The molecule has 0 aliphatic rings. The van der Waals surface area contributed by atoms with Crippen molar-refractivity contribution in [3.05, 3.63) is 41.8 Å². The molecule has 3 aromatic rings. The molecule has 8 heteroatoms. The zero-order valence-electron chi connectivity index (χ0n) is 9.86. The predicted octanol–water partition coefficient (Wildman–Crippen LogP) is 3.39. The normalized spacial score (nSPS) is 11.7. The number of rotatable bonds is 3. The SMILES string of the molecule is O=S(=O)(Cl)c1csc(-c2nc(-c3ccccc3)no2)c1. The van der Waals surface area contributed by atoms with Gasteiger partial charge < -0.3 is 4.52 Å². The van der Waals surface area contributed by atoms with Crippen LogP contribution in [0.15, 0.2) is 51.2 Å². The van der Waals surface area contributed by atoms with Gasteiger partial charge in [-0.2, -0.15) is 4.98 Å². The minimum Gasteiger partial charge on any atom is -0.333 e. The fourth-order valence-corrected chi connectivity index (χ4v) is 3.68. The maximum absolute atomic E-state index is 11.2. The summed E-state index contributed by atoms with van der Waals surface area (Å²) in [6.07, 6.45) is 0. The highest BCUT2D eigenvalue weighted by molar-refractivity contribution is 8.13. The van der Waals surface area contributed by atoms with Gasteiger partial charge in [-0.3, -0.25) is 0 Å². The summed E-state index contributed by atoms with van der Waals surface area (Å²) < 4.78 is 27.6. The Balaban J connectivity index is 1.97. The second-order valence-corrected chi connectivity index (χ2v) is 7.35. The van der Waals surface area contributed by atoms with Gasteiger partial charge in [0.1, 0.15) is 0 Å². The fourth-order valence-electron chi connectivity index (χ4n) is 1.59. The smallest absolute Gasteiger partial charge is 0.268 e. The molecular weight excluding hydrogens is 320 g/mol. The fraction of sp³-hybridized carbons (Fsp3) is 0. The van der Waals surface area contributed by atoms with Crippen LogP contribution in [0, 0.1) is 0 Å². The highest BCUT2D eigenvalue weighted by Crippen LogP contribution is 2.30. The van der Waals surface area contributed by atoms with Crippen LogP contribution in [0.5, 0.6) is 0 Å². The molecule has 5 nitrogen and oxygen atoms in total. The summed E-state index contributed by atoms with van der Waals surface area (Å²) in [5.74, 6) is 0.713. The van der Waals surface area contributed by atoms with Gasteiger partial charge in [-0.15, -0.1) is 11.3 Å². The summed E-state index contributed by atoms with van der Waals surface area (Å²) in [6.45, 7) is 0. The highest BCUT2D eigenvalue weighted by atomic mass is 35.7. The third kappa shape index (κ3) is 2.60. The van der Waals surface area contributed by atoms with E-state index >= 15 is 0 Å². The minimum absolute atomic E-state index is 0.0265. The summed E-state index contributed by atoms with van der Waals surface area (Å²) in [5.41, 5.74) is 0.823. The van der Waals surface area contributed by atoms with Gasteiger partial charge >= 0.3 is 0 Å². The molecule has 0 aliphatic carbocycles. The minimum atomic E-state index is -3.74. The molecule has 0 radical (unpaired) electrons. The maximum Gasteiger partial charge on any atom is 0.268 e. The van der Waals surface area contributed by atoms with Gasteiger partial charge in [0.05, 0.1) is 9.77 Å².